The van der Waals surface area contributed by atoms with E-state index in [1.54, 1.807) is 4.52 Å². The largest absolute Gasteiger partial charge is 0.389 e. The number of fused-ring (bicyclic) bond motifs is 5. The summed E-state index contributed by atoms with van der Waals surface area (Å²) in [5.41, 5.74) is 9.65. The molecule has 364 valence electrons. The molecule has 0 radical (unpaired) electrons. The van der Waals surface area contributed by atoms with Crippen LogP contribution in [-0.2, 0) is 31.8 Å². The van der Waals surface area contributed by atoms with Crippen LogP contribution in [0.5, 0.6) is 0 Å². The molecule has 6 aromatic rings. The standard InChI is InChI=1S/C28H33ClN4O3.C25H29ClN4O3/c1-27(2,3)34-15-17-14-19(24-23(17)35-28(4,5)36-24)21-12-13-22-25(31-26(29)32-33(21)22)30-20-11-10-16-8-6-7-9-18(16)20;1-25(2,3)33-13-15-12-17(22(32)21(15)31)19-10-11-20-23(28-24(26)29-30(19)20)27-18-9-8-14-6-4-5-7-16(14)18/h6-9,12-14,17,20,23-24H,10-11,15H2,1-5H3,(H,30,31,32);4-7,10-12,15,18,21-22,31-32H,8-9,13H2,1-3H3,(H,27,28,29)/t17-,20-,23-,24+;15-,18-,21-,22+/m11/s1. The monoisotopic (exact) mass is 976 g/mol. The van der Waals surface area contributed by atoms with Crippen LogP contribution in [0.25, 0.3) is 22.2 Å². The molecule has 11 rings (SSSR count). The van der Waals surface area contributed by atoms with Crippen molar-refractivity contribution in [3.8, 4) is 0 Å². The number of nitrogens with one attached hydrogen (secondary N) is 2. The zero-order chi connectivity index (χ0) is 48.6. The maximum absolute atomic E-state index is 10.8. The molecule has 4 aromatic heterocycles. The highest BCUT2D eigenvalue weighted by Crippen LogP contribution is 2.46. The van der Waals surface area contributed by atoms with E-state index in [1.807, 2.05) is 63.4 Å². The molecule has 69 heavy (non-hydrogen) atoms. The second-order valence-electron chi connectivity index (χ2n) is 21.2. The Balaban J connectivity index is 0.000000161. The van der Waals surface area contributed by atoms with Crippen LogP contribution >= 0.6 is 23.2 Å². The first kappa shape index (κ1) is 47.8. The molecular formula is C53H62Cl2N8O6. The van der Waals surface area contributed by atoms with Gasteiger partial charge in [0.2, 0.25) is 10.6 Å². The molecule has 16 heteroatoms. The predicted octanol–water partition coefficient (Wildman–Crippen LogP) is 9.86. The first-order valence-corrected chi connectivity index (χ1v) is 24.8. The van der Waals surface area contributed by atoms with Gasteiger partial charge in [0.05, 0.1) is 60.1 Å². The molecule has 1 aliphatic heterocycles. The molecule has 0 bridgehead atoms. The van der Waals surface area contributed by atoms with Crippen molar-refractivity contribution in [3.63, 3.8) is 0 Å². The smallest absolute Gasteiger partial charge is 0.243 e. The van der Waals surface area contributed by atoms with E-state index < -0.39 is 18.0 Å². The Morgan fingerprint density at radius 1 is 0.667 bits per heavy atom. The second-order valence-corrected chi connectivity index (χ2v) is 21.9. The Labute approximate surface area is 413 Å². The fraction of sp³-hybridized carbons (Fsp3) is 0.472. The summed E-state index contributed by atoms with van der Waals surface area (Å²) in [4.78, 5) is 9.02. The van der Waals surface area contributed by atoms with Gasteiger partial charge in [-0.25, -0.2) is 9.03 Å². The maximum Gasteiger partial charge on any atom is 0.243 e. The van der Waals surface area contributed by atoms with Gasteiger partial charge in [0.1, 0.15) is 23.2 Å². The number of ether oxygens (including phenoxy) is 4. The van der Waals surface area contributed by atoms with Crippen LogP contribution in [0.3, 0.4) is 0 Å². The van der Waals surface area contributed by atoms with Gasteiger partial charge in [0.15, 0.2) is 17.4 Å². The Morgan fingerprint density at radius 3 is 1.67 bits per heavy atom. The van der Waals surface area contributed by atoms with Gasteiger partial charge in [0, 0.05) is 23.0 Å². The zero-order valence-electron chi connectivity index (χ0n) is 40.4. The molecule has 4 N–H and O–H groups in total. The highest BCUT2D eigenvalue weighted by atomic mass is 35.5. The molecule has 2 aromatic carbocycles. The maximum atomic E-state index is 10.8. The first-order chi connectivity index (χ1) is 32.8. The highest BCUT2D eigenvalue weighted by molar-refractivity contribution is 6.28. The number of hydrogen-bond acceptors (Lipinski definition) is 12. The molecule has 0 spiro atoms. The van der Waals surface area contributed by atoms with Gasteiger partial charge in [-0.3, -0.25) is 0 Å². The number of benzene rings is 2. The first-order valence-electron chi connectivity index (χ1n) is 24.0. The quantitative estimate of drug-likeness (QED) is 0.103. The summed E-state index contributed by atoms with van der Waals surface area (Å²) in [7, 11) is 0. The third-order valence-electron chi connectivity index (χ3n) is 13.6. The van der Waals surface area contributed by atoms with E-state index in [2.05, 4.69) is 112 Å². The molecule has 1 saturated heterocycles. The average molecular weight is 978 g/mol. The minimum atomic E-state index is -1.04. The van der Waals surface area contributed by atoms with Crippen molar-refractivity contribution in [1.29, 1.82) is 0 Å². The van der Waals surface area contributed by atoms with Crippen molar-refractivity contribution in [2.75, 3.05) is 23.8 Å². The SMILES string of the molecule is CC(C)(C)OC[C@H]1C=C(c2ccc3c(N[C@@H]4CCc5ccccc54)nc(Cl)nn23)[C@@H]2OC(C)(C)O[C@H]12.CC(C)(C)OC[C@H]1C=C(c2ccc3c(N[C@@H]4CCc5ccccc54)nc(Cl)nn23)[C@H](O)[C@@H]1O. The van der Waals surface area contributed by atoms with Crippen LogP contribution in [0.15, 0.2) is 84.9 Å². The molecule has 5 aliphatic rings. The van der Waals surface area contributed by atoms with Crippen LogP contribution in [0, 0.1) is 11.8 Å². The van der Waals surface area contributed by atoms with E-state index in [0.717, 1.165) is 53.8 Å². The van der Waals surface area contributed by atoms with E-state index in [4.69, 9.17) is 42.1 Å². The van der Waals surface area contributed by atoms with Crippen molar-refractivity contribution in [2.24, 2.45) is 11.8 Å². The van der Waals surface area contributed by atoms with E-state index >= 15 is 0 Å². The summed E-state index contributed by atoms with van der Waals surface area (Å²) in [6.45, 7) is 16.9. The van der Waals surface area contributed by atoms with E-state index in [0.29, 0.717) is 30.3 Å². The Morgan fingerprint density at radius 2 is 1.14 bits per heavy atom. The normalized spacial score (nSPS) is 25.9. The topological polar surface area (TPSA) is 162 Å². The fourth-order valence-corrected chi connectivity index (χ4v) is 10.7. The van der Waals surface area contributed by atoms with Crippen LogP contribution in [0.1, 0.15) is 114 Å². The van der Waals surface area contributed by atoms with Crippen molar-refractivity contribution < 1.29 is 29.2 Å². The third-order valence-corrected chi connectivity index (χ3v) is 13.9. The molecule has 0 unspecified atom stereocenters. The minimum Gasteiger partial charge on any atom is -0.389 e. The van der Waals surface area contributed by atoms with Crippen molar-refractivity contribution in [3.05, 3.63) is 129 Å². The molecular weight excluding hydrogens is 916 g/mol. The summed E-state index contributed by atoms with van der Waals surface area (Å²) >= 11 is 12.8. The van der Waals surface area contributed by atoms with Gasteiger partial charge in [-0.1, -0.05) is 60.7 Å². The van der Waals surface area contributed by atoms with Gasteiger partial charge in [0.25, 0.3) is 0 Å². The highest BCUT2D eigenvalue weighted by Gasteiger charge is 2.51. The molecule has 4 aliphatic carbocycles. The Bertz CT molecular complexity index is 2950. The van der Waals surface area contributed by atoms with Gasteiger partial charge in [-0.15, -0.1) is 10.2 Å². The van der Waals surface area contributed by atoms with E-state index in [1.165, 1.54) is 22.3 Å². The van der Waals surface area contributed by atoms with Crippen LogP contribution in [0.2, 0.25) is 10.6 Å². The number of aliphatic hydroxyl groups excluding tert-OH is 2. The van der Waals surface area contributed by atoms with Crippen molar-refractivity contribution >= 4 is 57.0 Å². The van der Waals surface area contributed by atoms with Crippen LogP contribution < -0.4 is 10.6 Å². The lowest BCUT2D eigenvalue weighted by Gasteiger charge is -2.25. The third kappa shape index (κ3) is 9.79. The molecule has 0 amide bonds. The Hall–Kier alpha value is -4.90. The fourth-order valence-electron chi connectivity index (χ4n) is 10.4. The number of aryl methyl sites for hydroxylation is 2. The Kier molecular flexibility index (Phi) is 12.7. The van der Waals surface area contributed by atoms with Gasteiger partial charge >= 0.3 is 0 Å². The minimum absolute atomic E-state index is 0.0708. The molecule has 14 nitrogen and oxygen atoms in total. The summed E-state index contributed by atoms with van der Waals surface area (Å²) in [6, 6.07) is 25.2. The number of nitrogens with zero attached hydrogens (tertiary/aromatic N) is 6. The number of rotatable bonds is 10. The van der Waals surface area contributed by atoms with Crippen LogP contribution in [-0.4, -0.2) is 94.0 Å². The lowest BCUT2D eigenvalue weighted by atomic mass is 10.1. The summed E-state index contributed by atoms with van der Waals surface area (Å²) in [5, 5.41) is 37.9. The molecule has 0 saturated carbocycles. The second kappa shape index (κ2) is 18.4. The van der Waals surface area contributed by atoms with Crippen LogP contribution in [0.4, 0.5) is 11.6 Å². The van der Waals surface area contributed by atoms with E-state index in [9.17, 15) is 10.2 Å². The van der Waals surface area contributed by atoms with Crippen molar-refractivity contribution in [2.45, 2.75) is 135 Å². The zero-order valence-corrected chi connectivity index (χ0v) is 41.9. The van der Waals surface area contributed by atoms with Crippen molar-refractivity contribution in [1.82, 2.24) is 29.2 Å². The summed E-state index contributed by atoms with van der Waals surface area (Å²) in [6.07, 6.45) is 5.85. The van der Waals surface area contributed by atoms with Gasteiger partial charge in [-0.2, -0.15) is 9.97 Å². The van der Waals surface area contributed by atoms with Gasteiger partial charge in [-0.05, 0) is 151 Å². The number of aromatic nitrogens is 6. The number of halogens is 2. The van der Waals surface area contributed by atoms with E-state index in [-0.39, 0.29) is 57.9 Å². The lowest BCUT2D eigenvalue weighted by Crippen LogP contribution is -2.32. The molecule has 8 atom stereocenters. The van der Waals surface area contributed by atoms with Gasteiger partial charge < -0.3 is 39.8 Å². The summed E-state index contributed by atoms with van der Waals surface area (Å²) in [5.74, 6) is 0.460. The molecule has 5 heterocycles. The predicted molar refractivity (Wildman–Crippen MR) is 268 cm³/mol. The summed E-state index contributed by atoms with van der Waals surface area (Å²) < 4.78 is 28.3. The molecule has 1 fully saturated rings. The lowest BCUT2D eigenvalue weighted by molar-refractivity contribution is -0.150. The average Bonchev–Trinajstić information content (AvgIpc) is 4.17. The number of aliphatic hydroxyl groups is 2. The number of anilines is 2. The number of hydrogen-bond donors (Lipinski definition) is 4.